The zero-order chi connectivity index (χ0) is 23.4. The number of hydrogen-bond donors (Lipinski definition) is 1. The Hall–Kier alpha value is -2.91. The van der Waals surface area contributed by atoms with Crippen molar-refractivity contribution in [3.8, 4) is 0 Å². The van der Waals surface area contributed by atoms with Gasteiger partial charge in [0.15, 0.2) is 0 Å². The Labute approximate surface area is 195 Å². The number of para-hydroxylation sites is 1. The Morgan fingerprint density at radius 2 is 1.70 bits per heavy atom. The van der Waals surface area contributed by atoms with Crippen LogP contribution in [0.15, 0.2) is 54.6 Å². The van der Waals surface area contributed by atoms with Gasteiger partial charge in [0, 0.05) is 57.1 Å². The van der Waals surface area contributed by atoms with Gasteiger partial charge in [0.1, 0.15) is 0 Å². The predicted molar refractivity (Wildman–Crippen MR) is 129 cm³/mol. The minimum Gasteiger partial charge on any atom is -0.369 e. The number of anilines is 2. The molecule has 2 heterocycles. The standard InChI is InChI=1S/C24H30N4O4S/c1-19-6-5-9-22(16-19)26-11-13-27(14-12-26)33(31,32)15-10-25-24(30)20-17-23(29)28(18-20)21-7-3-2-4-8-21/h2-9,16,20H,10-15,17-18H2,1H3,(H,25,30). The molecule has 2 aliphatic rings. The number of carbonyl (C=O) groups is 2. The van der Waals surface area contributed by atoms with Crippen molar-refractivity contribution in [1.29, 1.82) is 0 Å². The fraction of sp³-hybridized carbons (Fsp3) is 0.417. The topological polar surface area (TPSA) is 90.0 Å². The minimum atomic E-state index is -3.47. The maximum atomic E-state index is 12.8. The van der Waals surface area contributed by atoms with E-state index >= 15 is 0 Å². The fourth-order valence-corrected chi connectivity index (χ4v) is 5.70. The molecule has 0 radical (unpaired) electrons. The van der Waals surface area contributed by atoms with Crippen LogP contribution in [0.1, 0.15) is 12.0 Å². The van der Waals surface area contributed by atoms with Crippen LogP contribution in [0.2, 0.25) is 0 Å². The summed E-state index contributed by atoms with van der Waals surface area (Å²) in [5.74, 6) is -0.994. The lowest BCUT2D eigenvalue weighted by Crippen LogP contribution is -2.50. The zero-order valence-electron chi connectivity index (χ0n) is 18.8. The molecule has 2 saturated heterocycles. The van der Waals surface area contributed by atoms with E-state index in [0.29, 0.717) is 32.7 Å². The molecule has 9 heteroatoms. The summed E-state index contributed by atoms with van der Waals surface area (Å²) in [6.07, 6.45) is 0.133. The van der Waals surface area contributed by atoms with Gasteiger partial charge in [-0.05, 0) is 36.8 Å². The lowest BCUT2D eigenvalue weighted by atomic mass is 10.1. The first-order chi connectivity index (χ1) is 15.8. The molecule has 0 aromatic heterocycles. The van der Waals surface area contributed by atoms with Crippen molar-refractivity contribution in [3.05, 3.63) is 60.2 Å². The van der Waals surface area contributed by atoms with Crippen molar-refractivity contribution in [3.63, 3.8) is 0 Å². The van der Waals surface area contributed by atoms with Crippen LogP contribution in [0.4, 0.5) is 11.4 Å². The molecule has 8 nitrogen and oxygen atoms in total. The van der Waals surface area contributed by atoms with E-state index in [-0.39, 0.29) is 30.5 Å². The molecule has 1 atom stereocenters. The van der Waals surface area contributed by atoms with Gasteiger partial charge in [-0.3, -0.25) is 9.59 Å². The first-order valence-corrected chi connectivity index (χ1v) is 12.9. The SMILES string of the molecule is Cc1cccc(N2CCN(S(=O)(=O)CCNC(=O)C3CC(=O)N(c4ccccc4)C3)CC2)c1. The highest BCUT2D eigenvalue weighted by Crippen LogP contribution is 2.25. The summed E-state index contributed by atoms with van der Waals surface area (Å²) < 4.78 is 27.0. The average Bonchev–Trinajstić information content (AvgIpc) is 3.21. The van der Waals surface area contributed by atoms with Crippen LogP contribution in [-0.4, -0.2) is 69.6 Å². The monoisotopic (exact) mass is 470 g/mol. The Balaban J connectivity index is 1.24. The van der Waals surface area contributed by atoms with Crippen LogP contribution >= 0.6 is 0 Å². The molecule has 2 amide bonds. The van der Waals surface area contributed by atoms with Gasteiger partial charge in [0.2, 0.25) is 21.8 Å². The molecule has 0 bridgehead atoms. The highest BCUT2D eigenvalue weighted by atomic mass is 32.2. The quantitative estimate of drug-likeness (QED) is 0.664. The van der Waals surface area contributed by atoms with Crippen molar-refractivity contribution in [1.82, 2.24) is 9.62 Å². The van der Waals surface area contributed by atoms with E-state index in [1.807, 2.05) is 55.5 Å². The number of nitrogens with one attached hydrogen (secondary N) is 1. The van der Waals surface area contributed by atoms with E-state index in [9.17, 15) is 18.0 Å². The molecule has 0 saturated carbocycles. The maximum Gasteiger partial charge on any atom is 0.227 e. The van der Waals surface area contributed by atoms with Crippen LogP contribution in [-0.2, 0) is 19.6 Å². The Morgan fingerprint density at radius 1 is 1.00 bits per heavy atom. The lowest BCUT2D eigenvalue weighted by molar-refractivity contribution is -0.126. The van der Waals surface area contributed by atoms with E-state index in [1.54, 1.807) is 4.90 Å². The highest BCUT2D eigenvalue weighted by Gasteiger charge is 2.35. The molecular weight excluding hydrogens is 440 g/mol. The summed E-state index contributed by atoms with van der Waals surface area (Å²) in [4.78, 5) is 28.7. The van der Waals surface area contributed by atoms with E-state index in [2.05, 4.69) is 16.3 Å². The molecule has 33 heavy (non-hydrogen) atoms. The molecule has 0 spiro atoms. The third kappa shape index (κ3) is 5.54. The van der Waals surface area contributed by atoms with Crippen LogP contribution in [0, 0.1) is 12.8 Å². The fourth-order valence-electron chi connectivity index (χ4n) is 4.37. The summed E-state index contributed by atoms with van der Waals surface area (Å²) in [5.41, 5.74) is 3.05. The number of rotatable bonds is 7. The van der Waals surface area contributed by atoms with Crippen molar-refractivity contribution in [2.75, 3.05) is 54.8 Å². The molecule has 4 rings (SSSR count). The second-order valence-electron chi connectivity index (χ2n) is 8.57. The first kappa shape index (κ1) is 23.3. The second-order valence-corrected chi connectivity index (χ2v) is 10.7. The normalized spacial score (nSPS) is 19.7. The third-order valence-corrected chi connectivity index (χ3v) is 8.09. The third-order valence-electron chi connectivity index (χ3n) is 6.22. The summed E-state index contributed by atoms with van der Waals surface area (Å²) >= 11 is 0. The molecule has 176 valence electrons. The van der Waals surface area contributed by atoms with Gasteiger partial charge in [-0.15, -0.1) is 0 Å². The summed E-state index contributed by atoms with van der Waals surface area (Å²) in [6, 6.07) is 17.4. The Morgan fingerprint density at radius 3 is 2.39 bits per heavy atom. The number of carbonyl (C=O) groups excluding carboxylic acids is 2. The zero-order valence-corrected chi connectivity index (χ0v) is 19.6. The number of aryl methyl sites for hydroxylation is 1. The van der Waals surface area contributed by atoms with Crippen LogP contribution in [0.3, 0.4) is 0 Å². The predicted octanol–water partition coefficient (Wildman–Crippen LogP) is 1.62. The van der Waals surface area contributed by atoms with Gasteiger partial charge < -0.3 is 15.1 Å². The molecular formula is C24H30N4O4S. The van der Waals surface area contributed by atoms with E-state index in [0.717, 1.165) is 11.4 Å². The minimum absolute atomic E-state index is 0.0370. The van der Waals surface area contributed by atoms with E-state index in [1.165, 1.54) is 9.87 Å². The van der Waals surface area contributed by atoms with Crippen LogP contribution < -0.4 is 15.1 Å². The lowest BCUT2D eigenvalue weighted by Gasteiger charge is -2.35. The van der Waals surface area contributed by atoms with Gasteiger partial charge in [-0.1, -0.05) is 30.3 Å². The summed E-state index contributed by atoms with van der Waals surface area (Å²) in [5, 5.41) is 2.72. The molecule has 2 aromatic rings. The van der Waals surface area contributed by atoms with Gasteiger partial charge in [-0.2, -0.15) is 4.31 Å². The van der Waals surface area contributed by atoms with Crippen molar-refractivity contribution in [2.24, 2.45) is 5.92 Å². The number of sulfonamides is 1. The first-order valence-electron chi connectivity index (χ1n) is 11.3. The highest BCUT2D eigenvalue weighted by molar-refractivity contribution is 7.89. The largest absolute Gasteiger partial charge is 0.369 e. The smallest absolute Gasteiger partial charge is 0.227 e. The average molecular weight is 471 g/mol. The van der Waals surface area contributed by atoms with Crippen molar-refractivity contribution >= 4 is 33.2 Å². The van der Waals surface area contributed by atoms with Gasteiger partial charge in [-0.25, -0.2) is 8.42 Å². The van der Waals surface area contributed by atoms with Crippen molar-refractivity contribution in [2.45, 2.75) is 13.3 Å². The molecule has 2 aliphatic heterocycles. The van der Waals surface area contributed by atoms with Gasteiger partial charge in [0.25, 0.3) is 0 Å². The molecule has 0 aliphatic carbocycles. The number of amides is 2. The molecule has 2 aromatic carbocycles. The maximum absolute atomic E-state index is 12.8. The van der Waals surface area contributed by atoms with Gasteiger partial charge >= 0.3 is 0 Å². The van der Waals surface area contributed by atoms with Gasteiger partial charge in [0.05, 0.1) is 11.7 Å². The Bertz CT molecular complexity index is 1100. The van der Waals surface area contributed by atoms with E-state index in [4.69, 9.17) is 0 Å². The summed E-state index contributed by atoms with van der Waals surface area (Å²) in [7, 11) is -3.47. The Kier molecular flexibility index (Phi) is 6.99. The molecule has 1 N–H and O–H groups in total. The summed E-state index contributed by atoms with van der Waals surface area (Å²) in [6.45, 7) is 4.50. The molecule has 1 unspecified atom stereocenters. The van der Waals surface area contributed by atoms with E-state index < -0.39 is 15.9 Å². The number of piperazine rings is 1. The number of benzene rings is 2. The number of nitrogens with zero attached hydrogens (tertiary/aromatic N) is 3. The second kappa shape index (κ2) is 9.93. The number of hydrogen-bond acceptors (Lipinski definition) is 5. The molecule has 2 fully saturated rings. The van der Waals surface area contributed by atoms with Crippen molar-refractivity contribution < 1.29 is 18.0 Å². The van der Waals surface area contributed by atoms with Crippen LogP contribution in [0.5, 0.6) is 0 Å². The van der Waals surface area contributed by atoms with Crippen LogP contribution in [0.25, 0.3) is 0 Å².